The summed E-state index contributed by atoms with van der Waals surface area (Å²) in [6.07, 6.45) is 2.79. The first kappa shape index (κ1) is 18.5. The molecule has 1 N–H and O–H groups in total. The average molecular weight is 377 g/mol. The second-order valence-electron chi connectivity index (χ2n) is 6.51. The van der Waals surface area contributed by atoms with Gasteiger partial charge < -0.3 is 15.1 Å². The molecular weight excluding hydrogens is 355 g/mol. The number of piperazine rings is 1. The van der Waals surface area contributed by atoms with E-state index in [1.807, 2.05) is 43.0 Å². The SMILES string of the molecule is C[C@@H](NC(=O)N1CCN(c2ccncc2F)[C@@H](C)C1)c1ccccc1Cl. The summed E-state index contributed by atoms with van der Waals surface area (Å²) in [4.78, 5) is 20.1. The van der Waals surface area contributed by atoms with Crippen molar-refractivity contribution in [2.45, 2.75) is 25.9 Å². The van der Waals surface area contributed by atoms with Crippen molar-refractivity contribution in [3.05, 3.63) is 59.1 Å². The van der Waals surface area contributed by atoms with Crippen LogP contribution >= 0.6 is 11.6 Å². The van der Waals surface area contributed by atoms with Gasteiger partial charge in [-0.2, -0.15) is 0 Å². The first-order valence-electron chi connectivity index (χ1n) is 8.63. The number of nitrogens with zero attached hydrogens (tertiary/aromatic N) is 3. The number of carbonyl (C=O) groups excluding carboxylic acids is 1. The van der Waals surface area contributed by atoms with Crippen molar-refractivity contribution in [2.75, 3.05) is 24.5 Å². The molecule has 2 heterocycles. The van der Waals surface area contributed by atoms with Gasteiger partial charge in [0.25, 0.3) is 0 Å². The molecule has 2 atom stereocenters. The summed E-state index contributed by atoms with van der Waals surface area (Å²) in [6, 6.07) is 8.81. The zero-order valence-electron chi connectivity index (χ0n) is 14.8. The Kier molecular flexibility index (Phi) is 5.61. The van der Waals surface area contributed by atoms with Gasteiger partial charge in [-0.05, 0) is 31.5 Å². The summed E-state index contributed by atoms with van der Waals surface area (Å²) in [7, 11) is 0. The fourth-order valence-electron chi connectivity index (χ4n) is 3.28. The molecule has 0 saturated carbocycles. The number of hydrogen-bond acceptors (Lipinski definition) is 3. The second-order valence-corrected chi connectivity index (χ2v) is 6.92. The zero-order valence-corrected chi connectivity index (χ0v) is 15.6. The molecule has 5 nitrogen and oxygen atoms in total. The fraction of sp³-hybridized carbons (Fsp3) is 0.368. The van der Waals surface area contributed by atoms with Crippen molar-refractivity contribution in [3.63, 3.8) is 0 Å². The number of anilines is 1. The lowest BCUT2D eigenvalue weighted by molar-refractivity contribution is 0.183. The van der Waals surface area contributed by atoms with Crippen LogP contribution in [-0.2, 0) is 0 Å². The van der Waals surface area contributed by atoms with Crippen LogP contribution < -0.4 is 10.2 Å². The van der Waals surface area contributed by atoms with E-state index >= 15 is 0 Å². The Morgan fingerprint density at radius 3 is 2.81 bits per heavy atom. The Hall–Kier alpha value is -2.34. The van der Waals surface area contributed by atoms with E-state index in [-0.39, 0.29) is 23.9 Å². The van der Waals surface area contributed by atoms with E-state index in [1.54, 1.807) is 17.2 Å². The van der Waals surface area contributed by atoms with Crippen LogP contribution in [0.1, 0.15) is 25.5 Å². The molecular formula is C19H22ClFN4O. The molecule has 1 aromatic heterocycles. The van der Waals surface area contributed by atoms with Gasteiger partial charge in [0.1, 0.15) is 0 Å². The maximum absolute atomic E-state index is 14.0. The highest BCUT2D eigenvalue weighted by Gasteiger charge is 2.29. The molecule has 1 aliphatic rings. The van der Waals surface area contributed by atoms with Crippen LogP contribution in [0.3, 0.4) is 0 Å². The van der Waals surface area contributed by atoms with Gasteiger partial charge in [0, 0.05) is 36.9 Å². The molecule has 0 aliphatic carbocycles. The molecule has 26 heavy (non-hydrogen) atoms. The van der Waals surface area contributed by atoms with Crippen molar-refractivity contribution in [1.82, 2.24) is 15.2 Å². The molecule has 2 aromatic rings. The maximum Gasteiger partial charge on any atom is 0.318 e. The van der Waals surface area contributed by atoms with E-state index in [0.29, 0.717) is 30.3 Å². The number of nitrogens with one attached hydrogen (secondary N) is 1. The van der Waals surface area contributed by atoms with Gasteiger partial charge in [-0.15, -0.1) is 0 Å². The van der Waals surface area contributed by atoms with Gasteiger partial charge in [0.15, 0.2) is 5.82 Å². The van der Waals surface area contributed by atoms with Gasteiger partial charge in [-0.1, -0.05) is 29.8 Å². The smallest absolute Gasteiger partial charge is 0.318 e. The summed E-state index contributed by atoms with van der Waals surface area (Å²) < 4.78 is 14.0. The number of pyridine rings is 1. The highest BCUT2D eigenvalue weighted by molar-refractivity contribution is 6.31. The summed E-state index contributed by atoms with van der Waals surface area (Å²) in [5.74, 6) is -0.343. The Bertz CT molecular complexity index is 788. The van der Waals surface area contributed by atoms with Crippen LogP contribution in [0.5, 0.6) is 0 Å². The molecule has 2 amide bonds. The highest BCUT2D eigenvalue weighted by Crippen LogP contribution is 2.24. The van der Waals surface area contributed by atoms with Crippen LogP contribution in [0.15, 0.2) is 42.7 Å². The van der Waals surface area contributed by atoms with E-state index in [1.165, 1.54) is 6.20 Å². The molecule has 0 unspecified atom stereocenters. The van der Waals surface area contributed by atoms with Crippen molar-refractivity contribution >= 4 is 23.3 Å². The van der Waals surface area contributed by atoms with Crippen LogP contribution in [0.25, 0.3) is 0 Å². The largest absolute Gasteiger partial charge is 0.363 e. The third kappa shape index (κ3) is 3.90. The minimum Gasteiger partial charge on any atom is -0.363 e. The lowest BCUT2D eigenvalue weighted by atomic mass is 10.1. The molecule has 0 radical (unpaired) electrons. The van der Waals surface area contributed by atoms with Crippen LogP contribution in [0, 0.1) is 5.82 Å². The number of rotatable bonds is 3. The number of aromatic nitrogens is 1. The summed E-state index contributed by atoms with van der Waals surface area (Å²) >= 11 is 6.20. The molecule has 0 bridgehead atoms. The van der Waals surface area contributed by atoms with Crippen LogP contribution in [0.2, 0.25) is 5.02 Å². The Balaban J connectivity index is 1.63. The minimum absolute atomic E-state index is 0.00187. The van der Waals surface area contributed by atoms with Gasteiger partial charge in [0.2, 0.25) is 0 Å². The van der Waals surface area contributed by atoms with Crippen LogP contribution in [-0.4, -0.2) is 41.6 Å². The van der Waals surface area contributed by atoms with Crippen molar-refractivity contribution in [2.24, 2.45) is 0 Å². The lowest BCUT2D eigenvalue weighted by Gasteiger charge is -2.41. The third-order valence-corrected chi connectivity index (χ3v) is 5.03. The standard InChI is InChI=1S/C19H22ClFN4O/c1-13-12-24(9-10-25(13)18-7-8-22-11-17(18)21)19(26)23-14(2)15-5-3-4-6-16(15)20/h3-8,11,13-14H,9-10,12H2,1-2H3,(H,23,26)/t13-,14+/m0/s1. The van der Waals surface area contributed by atoms with Gasteiger partial charge in [-0.3, -0.25) is 4.98 Å². The highest BCUT2D eigenvalue weighted by atomic mass is 35.5. The summed E-state index contributed by atoms with van der Waals surface area (Å²) in [6.45, 7) is 5.49. The summed E-state index contributed by atoms with van der Waals surface area (Å²) in [5, 5.41) is 3.62. The van der Waals surface area contributed by atoms with E-state index < -0.39 is 0 Å². The number of hydrogen-bond donors (Lipinski definition) is 1. The number of urea groups is 1. The van der Waals surface area contributed by atoms with Crippen molar-refractivity contribution in [1.29, 1.82) is 0 Å². The van der Waals surface area contributed by atoms with E-state index in [0.717, 1.165) is 5.56 Å². The molecule has 138 valence electrons. The van der Waals surface area contributed by atoms with E-state index in [9.17, 15) is 9.18 Å². The molecule has 7 heteroatoms. The Morgan fingerprint density at radius 1 is 1.35 bits per heavy atom. The number of carbonyl (C=O) groups is 1. The normalized spacial score (nSPS) is 18.5. The minimum atomic E-state index is -0.343. The third-order valence-electron chi connectivity index (χ3n) is 4.69. The molecule has 1 fully saturated rings. The monoisotopic (exact) mass is 376 g/mol. The zero-order chi connectivity index (χ0) is 18.7. The quantitative estimate of drug-likeness (QED) is 0.885. The van der Waals surface area contributed by atoms with Gasteiger partial charge >= 0.3 is 6.03 Å². The topological polar surface area (TPSA) is 48.5 Å². The van der Waals surface area contributed by atoms with Gasteiger partial charge in [0.05, 0.1) is 17.9 Å². The lowest BCUT2D eigenvalue weighted by Crippen LogP contribution is -2.56. The number of benzene rings is 1. The molecule has 1 aromatic carbocycles. The Morgan fingerprint density at radius 2 is 2.12 bits per heavy atom. The molecule has 1 saturated heterocycles. The van der Waals surface area contributed by atoms with E-state index in [2.05, 4.69) is 10.3 Å². The average Bonchev–Trinajstić information content (AvgIpc) is 2.62. The Labute approximate surface area is 157 Å². The van der Waals surface area contributed by atoms with Crippen LogP contribution in [0.4, 0.5) is 14.9 Å². The second kappa shape index (κ2) is 7.91. The van der Waals surface area contributed by atoms with Gasteiger partial charge in [-0.25, -0.2) is 9.18 Å². The number of halogens is 2. The number of amides is 2. The molecule has 1 aliphatic heterocycles. The van der Waals surface area contributed by atoms with Crippen molar-refractivity contribution in [3.8, 4) is 0 Å². The first-order chi connectivity index (χ1) is 12.5. The van der Waals surface area contributed by atoms with Crippen molar-refractivity contribution < 1.29 is 9.18 Å². The predicted molar refractivity (Wildman–Crippen MR) is 101 cm³/mol. The van der Waals surface area contributed by atoms with E-state index in [4.69, 9.17) is 11.6 Å². The summed E-state index contributed by atoms with van der Waals surface area (Å²) in [5.41, 5.74) is 1.41. The first-order valence-corrected chi connectivity index (χ1v) is 9.01. The predicted octanol–water partition coefficient (Wildman–Crippen LogP) is 3.86. The fourth-order valence-corrected chi connectivity index (χ4v) is 3.58. The maximum atomic E-state index is 14.0. The molecule has 3 rings (SSSR count). The molecule has 0 spiro atoms.